The second-order valence-corrected chi connectivity index (χ2v) is 9.34. The summed E-state index contributed by atoms with van der Waals surface area (Å²) in [6.07, 6.45) is 2.15. The molecule has 7 nitrogen and oxygen atoms in total. The number of hydrazone groups is 1. The number of esters is 1. The Balaban J connectivity index is 1.86. The number of nitrogens with one attached hydrogen (secondary N) is 1. The van der Waals surface area contributed by atoms with Crippen LogP contribution in [0.25, 0.3) is 0 Å². The van der Waals surface area contributed by atoms with Crippen LogP contribution in [-0.2, 0) is 19.5 Å². The molecule has 0 radical (unpaired) electrons. The Bertz CT molecular complexity index is 1060. The largest absolute Gasteiger partial charge is 0.462 e. The number of benzene rings is 2. The van der Waals surface area contributed by atoms with Gasteiger partial charge >= 0.3 is 5.97 Å². The van der Waals surface area contributed by atoms with E-state index in [1.54, 1.807) is 50.2 Å². The Labute approximate surface area is 189 Å². The topological polar surface area (TPSA) is 94.1 Å². The van der Waals surface area contributed by atoms with Crippen molar-refractivity contribution in [3.8, 4) is 0 Å². The van der Waals surface area contributed by atoms with Crippen LogP contribution < -0.4 is 4.83 Å². The van der Waals surface area contributed by atoms with Crippen LogP contribution >= 0.6 is 0 Å². The Morgan fingerprint density at radius 1 is 1.09 bits per heavy atom. The molecule has 172 valence electrons. The van der Waals surface area contributed by atoms with Crippen molar-refractivity contribution in [2.75, 3.05) is 13.2 Å². The number of sulfonamides is 1. The molecule has 1 fully saturated rings. The predicted octanol–water partition coefficient (Wildman–Crippen LogP) is 4.18. The van der Waals surface area contributed by atoms with Crippen LogP contribution in [0.5, 0.6) is 0 Å². The van der Waals surface area contributed by atoms with Gasteiger partial charge in [-0.3, -0.25) is 0 Å². The van der Waals surface area contributed by atoms with Crippen molar-refractivity contribution in [2.24, 2.45) is 5.10 Å². The normalized spacial score (nSPS) is 20.2. The molecule has 0 spiro atoms. The van der Waals surface area contributed by atoms with Crippen molar-refractivity contribution in [3.63, 3.8) is 0 Å². The van der Waals surface area contributed by atoms with Crippen molar-refractivity contribution in [1.29, 1.82) is 0 Å². The molecule has 0 heterocycles. The Hall–Kier alpha value is -2.71. The fraction of sp³-hybridized carbons (Fsp3) is 0.417. The van der Waals surface area contributed by atoms with Gasteiger partial charge in [-0.25, -0.2) is 9.63 Å². The maximum absolute atomic E-state index is 12.8. The highest BCUT2D eigenvalue weighted by Crippen LogP contribution is 2.33. The third-order valence-corrected chi connectivity index (χ3v) is 6.91. The molecule has 1 saturated carbocycles. The molecular formula is C24H30N2O5S. The number of ether oxygens (including phenoxy) is 2. The van der Waals surface area contributed by atoms with E-state index in [1.807, 2.05) is 19.1 Å². The molecule has 0 saturated heterocycles. The molecule has 1 aliphatic rings. The van der Waals surface area contributed by atoms with Gasteiger partial charge in [-0.2, -0.15) is 13.5 Å². The molecule has 0 aromatic heterocycles. The van der Waals surface area contributed by atoms with Gasteiger partial charge in [0.25, 0.3) is 10.0 Å². The van der Waals surface area contributed by atoms with Crippen LogP contribution in [-0.4, -0.2) is 39.4 Å². The van der Waals surface area contributed by atoms with E-state index in [9.17, 15) is 13.2 Å². The summed E-state index contributed by atoms with van der Waals surface area (Å²) in [4.78, 5) is 14.6. The van der Waals surface area contributed by atoms with Crippen molar-refractivity contribution in [2.45, 2.75) is 57.0 Å². The molecule has 2 unspecified atom stereocenters. The van der Waals surface area contributed by atoms with Crippen LogP contribution in [0.1, 0.15) is 60.5 Å². The Morgan fingerprint density at radius 2 is 1.81 bits per heavy atom. The molecular weight excluding hydrogens is 428 g/mol. The molecule has 2 aromatic rings. The fourth-order valence-electron chi connectivity index (χ4n) is 3.94. The van der Waals surface area contributed by atoms with Gasteiger partial charge in [0, 0.05) is 18.2 Å². The number of hydrogen-bond acceptors (Lipinski definition) is 6. The second-order valence-electron chi connectivity index (χ2n) is 7.71. The van der Waals surface area contributed by atoms with E-state index in [2.05, 4.69) is 9.93 Å². The van der Waals surface area contributed by atoms with Crippen molar-refractivity contribution in [3.05, 3.63) is 65.2 Å². The van der Waals surface area contributed by atoms with Gasteiger partial charge in [0.2, 0.25) is 0 Å². The summed E-state index contributed by atoms with van der Waals surface area (Å²) in [5.41, 5.74) is 2.84. The van der Waals surface area contributed by atoms with Gasteiger partial charge in [0.05, 0.1) is 23.2 Å². The average Bonchev–Trinajstić information content (AvgIpc) is 2.79. The molecule has 1 aliphatic carbocycles. The van der Waals surface area contributed by atoms with Gasteiger partial charge < -0.3 is 9.47 Å². The van der Waals surface area contributed by atoms with E-state index in [-0.39, 0.29) is 22.9 Å². The van der Waals surface area contributed by atoms with Gasteiger partial charge in [0.1, 0.15) is 0 Å². The molecule has 1 N–H and O–H groups in total. The SMILES string of the molecule is CCOC(=O)c1ccc(C2CC(OCC)CCC2=NNS(=O)(=O)c2ccccc2C)cc1. The number of rotatable bonds is 8. The lowest BCUT2D eigenvalue weighted by atomic mass is 9.80. The highest BCUT2D eigenvalue weighted by atomic mass is 32.2. The maximum Gasteiger partial charge on any atom is 0.338 e. The zero-order valence-electron chi connectivity index (χ0n) is 18.7. The minimum absolute atomic E-state index is 0.0710. The zero-order chi connectivity index (χ0) is 23.1. The summed E-state index contributed by atoms with van der Waals surface area (Å²) in [6, 6.07) is 14.0. The summed E-state index contributed by atoms with van der Waals surface area (Å²) in [5.74, 6) is -0.481. The second kappa shape index (κ2) is 10.7. The number of aryl methyl sites for hydroxylation is 1. The van der Waals surface area contributed by atoms with E-state index >= 15 is 0 Å². The highest BCUT2D eigenvalue weighted by molar-refractivity contribution is 7.89. The third kappa shape index (κ3) is 5.75. The average molecular weight is 459 g/mol. The lowest BCUT2D eigenvalue weighted by Gasteiger charge is -2.30. The van der Waals surface area contributed by atoms with E-state index < -0.39 is 10.0 Å². The molecule has 2 atom stereocenters. The summed E-state index contributed by atoms with van der Waals surface area (Å²) in [6.45, 7) is 6.41. The Morgan fingerprint density at radius 3 is 2.47 bits per heavy atom. The monoisotopic (exact) mass is 458 g/mol. The molecule has 0 bridgehead atoms. The molecule has 8 heteroatoms. The molecule has 32 heavy (non-hydrogen) atoms. The lowest BCUT2D eigenvalue weighted by Crippen LogP contribution is -2.31. The molecule has 2 aromatic carbocycles. The quantitative estimate of drug-likeness (QED) is 0.473. The van der Waals surface area contributed by atoms with Crippen molar-refractivity contribution in [1.82, 2.24) is 4.83 Å². The van der Waals surface area contributed by atoms with E-state index in [1.165, 1.54) is 0 Å². The van der Waals surface area contributed by atoms with Crippen LogP contribution in [0.4, 0.5) is 0 Å². The first kappa shape index (κ1) is 23.9. The van der Waals surface area contributed by atoms with Gasteiger partial charge in [-0.15, -0.1) is 0 Å². The van der Waals surface area contributed by atoms with Crippen LogP contribution in [0.3, 0.4) is 0 Å². The van der Waals surface area contributed by atoms with E-state index in [4.69, 9.17) is 9.47 Å². The van der Waals surface area contributed by atoms with E-state index in [0.29, 0.717) is 37.2 Å². The summed E-state index contributed by atoms with van der Waals surface area (Å²) in [5, 5.41) is 4.34. The lowest BCUT2D eigenvalue weighted by molar-refractivity contribution is 0.0456. The number of carbonyl (C=O) groups is 1. The summed E-state index contributed by atoms with van der Waals surface area (Å²) in [7, 11) is -3.77. The molecule has 3 rings (SSSR count). The van der Waals surface area contributed by atoms with Crippen LogP contribution in [0.15, 0.2) is 58.5 Å². The van der Waals surface area contributed by atoms with Gasteiger partial charge in [0.15, 0.2) is 0 Å². The van der Waals surface area contributed by atoms with Crippen LogP contribution in [0, 0.1) is 6.92 Å². The number of nitrogens with zero attached hydrogens (tertiary/aromatic N) is 1. The van der Waals surface area contributed by atoms with Crippen molar-refractivity contribution >= 4 is 21.7 Å². The fourth-order valence-corrected chi connectivity index (χ4v) is 5.03. The zero-order valence-corrected chi connectivity index (χ0v) is 19.5. The smallest absolute Gasteiger partial charge is 0.338 e. The third-order valence-electron chi connectivity index (χ3n) is 5.54. The summed E-state index contributed by atoms with van der Waals surface area (Å²) >= 11 is 0. The first-order valence-electron chi connectivity index (χ1n) is 10.9. The Kier molecular flexibility index (Phi) is 8.04. The van der Waals surface area contributed by atoms with E-state index in [0.717, 1.165) is 17.7 Å². The first-order chi connectivity index (χ1) is 15.4. The van der Waals surface area contributed by atoms with Gasteiger partial charge in [-0.05, 0) is 69.4 Å². The minimum atomic E-state index is -3.77. The van der Waals surface area contributed by atoms with Crippen molar-refractivity contribution < 1.29 is 22.7 Å². The molecule has 0 aliphatic heterocycles. The highest BCUT2D eigenvalue weighted by Gasteiger charge is 2.30. The first-order valence-corrected chi connectivity index (χ1v) is 12.4. The minimum Gasteiger partial charge on any atom is -0.462 e. The summed E-state index contributed by atoms with van der Waals surface area (Å²) < 4.78 is 36.5. The van der Waals surface area contributed by atoms with Crippen LogP contribution in [0.2, 0.25) is 0 Å². The number of carbonyl (C=O) groups excluding carboxylic acids is 1. The number of hydrogen-bond donors (Lipinski definition) is 1. The predicted molar refractivity (Wildman–Crippen MR) is 123 cm³/mol. The molecule has 0 amide bonds. The standard InChI is InChI=1S/C24H30N2O5S/c1-4-30-20-14-15-22(25-26-32(28,29)23-9-7-6-8-17(23)3)21(16-20)18-10-12-19(13-11-18)24(27)31-5-2/h6-13,20-21,26H,4-5,14-16H2,1-3H3. The maximum atomic E-state index is 12.8. The van der Waals surface area contributed by atoms with Gasteiger partial charge in [-0.1, -0.05) is 30.3 Å².